The summed E-state index contributed by atoms with van der Waals surface area (Å²) in [7, 11) is 0. The monoisotopic (exact) mass is 285 g/mol. The highest BCUT2D eigenvalue weighted by atomic mass is 16.5. The molecule has 1 atom stereocenters. The summed E-state index contributed by atoms with van der Waals surface area (Å²) in [4.78, 5) is 11.9. The predicted octanol–water partition coefficient (Wildman–Crippen LogP) is 2.31. The molecule has 2 N–H and O–H groups in total. The van der Waals surface area contributed by atoms with Crippen molar-refractivity contribution in [3.8, 4) is 0 Å². The van der Waals surface area contributed by atoms with Crippen LogP contribution in [0.4, 0.5) is 5.82 Å². The van der Waals surface area contributed by atoms with Crippen molar-refractivity contribution in [2.45, 2.75) is 31.8 Å². The summed E-state index contributed by atoms with van der Waals surface area (Å²) in [6.45, 7) is 0.668. The van der Waals surface area contributed by atoms with Crippen molar-refractivity contribution >= 4 is 11.7 Å². The van der Waals surface area contributed by atoms with Crippen LogP contribution in [0, 0.1) is 0 Å². The van der Waals surface area contributed by atoms with Gasteiger partial charge in [0.1, 0.15) is 6.10 Å². The number of anilines is 1. The van der Waals surface area contributed by atoms with Crippen molar-refractivity contribution in [3.05, 3.63) is 47.7 Å². The molecule has 1 fully saturated rings. The zero-order valence-corrected chi connectivity index (χ0v) is 11.8. The SMILES string of the molecule is O=C(Nc1cc(CCc2ccccc2)[nH]n1)C1CCCO1. The number of aryl methyl sites for hydroxylation is 2. The molecule has 1 unspecified atom stereocenters. The molecule has 1 aliphatic heterocycles. The van der Waals surface area contributed by atoms with Crippen molar-refractivity contribution in [2.24, 2.45) is 0 Å². The maximum Gasteiger partial charge on any atom is 0.254 e. The Morgan fingerprint density at radius 3 is 2.95 bits per heavy atom. The van der Waals surface area contributed by atoms with Crippen molar-refractivity contribution in [1.29, 1.82) is 0 Å². The second-order valence-corrected chi connectivity index (χ2v) is 5.25. The predicted molar refractivity (Wildman–Crippen MR) is 80.0 cm³/mol. The van der Waals surface area contributed by atoms with E-state index in [9.17, 15) is 4.79 Å². The third-order valence-electron chi connectivity index (χ3n) is 3.63. The zero-order valence-electron chi connectivity index (χ0n) is 11.8. The Hall–Kier alpha value is -2.14. The van der Waals surface area contributed by atoms with Crippen molar-refractivity contribution in [3.63, 3.8) is 0 Å². The molecule has 1 aliphatic rings. The third kappa shape index (κ3) is 3.70. The molecule has 0 aliphatic carbocycles. The minimum absolute atomic E-state index is 0.103. The van der Waals surface area contributed by atoms with Gasteiger partial charge in [-0.05, 0) is 31.2 Å². The Kier molecular flexibility index (Phi) is 4.31. The Labute approximate surface area is 123 Å². The molecule has 0 radical (unpaired) electrons. The van der Waals surface area contributed by atoms with Gasteiger partial charge < -0.3 is 10.1 Å². The highest BCUT2D eigenvalue weighted by molar-refractivity contribution is 5.93. The normalized spacial score (nSPS) is 17.8. The average molecular weight is 285 g/mol. The van der Waals surface area contributed by atoms with Gasteiger partial charge in [-0.25, -0.2) is 0 Å². The van der Waals surface area contributed by atoms with Gasteiger partial charge in [-0.1, -0.05) is 30.3 Å². The molecular weight excluding hydrogens is 266 g/mol. The number of H-pyrrole nitrogens is 1. The first kappa shape index (κ1) is 13.8. The van der Waals surface area contributed by atoms with E-state index in [1.54, 1.807) is 0 Å². The lowest BCUT2D eigenvalue weighted by Gasteiger charge is -2.07. The van der Waals surface area contributed by atoms with E-state index in [-0.39, 0.29) is 12.0 Å². The lowest BCUT2D eigenvalue weighted by Crippen LogP contribution is -2.26. The standard InChI is InChI=1S/C16H19N3O2/c20-16(14-7-4-10-21-14)17-15-11-13(18-19-15)9-8-12-5-2-1-3-6-12/h1-3,5-6,11,14H,4,7-10H2,(H2,17,18,19,20). The van der Waals surface area contributed by atoms with E-state index in [1.165, 1.54) is 5.56 Å². The van der Waals surface area contributed by atoms with Crippen LogP contribution in [0.1, 0.15) is 24.1 Å². The van der Waals surface area contributed by atoms with E-state index in [2.05, 4.69) is 27.6 Å². The maximum absolute atomic E-state index is 11.9. The number of benzene rings is 1. The summed E-state index contributed by atoms with van der Waals surface area (Å²) in [5.41, 5.74) is 2.30. The molecule has 3 rings (SSSR count). The van der Waals surface area contributed by atoms with Crippen LogP contribution in [0.5, 0.6) is 0 Å². The van der Waals surface area contributed by atoms with Crippen LogP contribution in [-0.2, 0) is 22.4 Å². The Morgan fingerprint density at radius 1 is 1.33 bits per heavy atom. The number of amides is 1. The van der Waals surface area contributed by atoms with Crippen molar-refractivity contribution < 1.29 is 9.53 Å². The number of hydrogen-bond acceptors (Lipinski definition) is 3. The van der Waals surface area contributed by atoms with Crippen LogP contribution >= 0.6 is 0 Å². The summed E-state index contributed by atoms with van der Waals surface area (Å²) >= 11 is 0. The molecule has 110 valence electrons. The van der Waals surface area contributed by atoms with Gasteiger partial charge in [-0.3, -0.25) is 9.89 Å². The van der Waals surface area contributed by atoms with Gasteiger partial charge in [0.05, 0.1) is 0 Å². The fraction of sp³-hybridized carbons (Fsp3) is 0.375. The van der Waals surface area contributed by atoms with Crippen molar-refractivity contribution in [2.75, 3.05) is 11.9 Å². The Bertz CT molecular complexity index is 589. The molecule has 0 saturated carbocycles. The minimum Gasteiger partial charge on any atom is -0.368 e. The summed E-state index contributed by atoms with van der Waals surface area (Å²) in [5.74, 6) is 0.465. The summed E-state index contributed by atoms with van der Waals surface area (Å²) < 4.78 is 5.35. The molecule has 5 heteroatoms. The Balaban J connectivity index is 1.52. The molecule has 2 heterocycles. The summed E-state index contributed by atoms with van der Waals surface area (Å²) in [6.07, 6.45) is 3.22. The van der Waals surface area contributed by atoms with Gasteiger partial charge in [0.2, 0.25) is 0 Å². The molecule has 1 aromatic carbocycles. The van der Waals surface area contributed by atoms with Gasteiger partial charge in [-0.15, -0.1) is 0 Å². The molecule has 5 nitrogen and oxygen atoms in total. The van der Waals surface area contributed by atoms with Crippen molar-refractivity contribution in [1.82, 2.24) is 10.2 Å². The highest BCUT2D eigenvalue weighted by Crippen LogP contribution is 2.15. The number of aromatic nitrogens is 2. The minimum atomic E-state index is -0.325. The topological polar surface area (TPSA) is 67.0 Å². The quantitative estimate of drug-likeness (QED) is 0.886. The molecule has 21 heavy (non-hydrogen) atoms. The fourth-order valence-electron chi connectivity index (χ4n) is 2.47. The number of nitrogens with zero attached hydrogens (tertiary/aromatic N) is 1. The number of aromatic amines is 1. The third-order valence-corrected chi connectivity index (χ3v) is 3.63. The van der Waals surface area contributed by atoms with Crippen LogP contribution in [-0.4, -0.2) is 28.8 Å². The van der Waals surface area contributed by atoms with Crippen LogP contribution in [0.2, 0.25) is 0 Å². The molecule has 1 aromatic heterocycles. The number of carbonyl (C=O) groups is 1. The van der Waals surface area contributed by atoms with E-state index in [0.717, 1.165) is 31.4 Å². The van der Waals surface area contributed by atoms with Gasteiger partial charge >= 0.3 is 0 Å². The van der Waals surface area contributed by atoms with E-state index < -0.39 is 0 Å². The lowest BCUT2D eigenvalue weighted by molar-refractivity contribution is -0.124. The Morgan fingerprint density at radius 2 is 2.19 bits per heavy atom. The van der Waals surface area contributed by atoms with Crippen LogP contribution in [0.25, 0.3) is 0 Å². The molecular formula is C16H19N3O2. The van der Waals surface area contributed by atoms with E-state index in [4.69, 9.17) is 4.74 Å². The van der Waals surface area contributed by atoms with E-state index >= 15 is 0 Å². The van der Waals surface area contributed by atoms with Crippen LogP contribution in [0.3, 0.4) is 0 Å². The number of rotatable bonds is 5. The molecule has 0 bridgehead atoms. The number of nitrogens with one attached hydrogen (secondary N) is 2. The molecule has 0 spiro atoms. The average Bonchev–Trinajstić information content (AvgIpc) is 3.18. The molecule has 1 saturated heterocycles. The summed E-state index contributed by atoms with van der Waals surface area (Å²) in [5, 5.41) is 9.89. The van der Waals surface area contributed by atoms with Gasteiger partial charge in [0, 0.05) is 18.4 Å². The molecule has 1 amide bonds. The lowest BCUT2D eigenvalue weighted by atomic mass is 10.1. The maximum atomic E-state index is 11.9. The number of carbonyl (C=O) groups excluding carboxylic acids is 1. The van der Waals surface area contributed by atoms with Crippen LogP contribution < -0.4 is 5.32 Å². The van der Waals surface area contributed by atoms with Gasteiger partial charge in [0.15, 0.2) is 5.82 Å². The van der Waals surface area contributed by atoms with E-state index in [0.29, 0.717) is 12.4 Å². The van der Waals surface area contributed by atoms with Gasteiger partial charge in [-0.2, -0.15) is 5.10 Å². The van der Waals surface area contributed by atoms with Crippen LogP contribution in [0.15, 0.2) is 36.4 Å². The largest absolute Gasteiger partial charge is 0.368 e. The zero-order chi connectivity index (χ0) is 14.5. The second kappa shape index (κ2) is 6.54. The molecule has 2 aromatic rings. The first-order valence-electron chi connectivity index (χ1n) is 7.32. The van der Waals surface area contributed by atoms with Gasteiger partial charge in [0.25, 0.3) is 5.91 Å². The first-order chi connectivity index (χ1) is 10.3. The van der Waals surface area contributed by atoms with E-state index in [1.807, 2.05) is 24.3 Å². The number of ether oxygens (including phenoxy) is 1. The summed E-state index contributed by atoms with van der Waals surface area (Å²) in [6, 6.07) is 12.2. The second-order valence-electron chi connectivity index (χ2n) is 5.25. The number of hydrogen-bond donors (Lipinski definition) is 2. The fourth-order valence-corrected chi connectivity index (χ4v) is 2.47. The highest BCUT2D eigenvalue weighted by Gasteiger charge is 2.24. The smallest absolute Gasteiger partial charge is 0.254 e. The first-order valence-corrected chi connectivity index (χ1v) is 7.32.